The Balaban J connectivity index is 3.80. The summed E-state index contributed by atoms with van der Waals surface area (Å²) in [6.07, 6.45) is -11.9. The first-order valence-electron chi connectivity index (χ1n) is 3.02. The van der Waals surface area contributed by atoms with Gasteiger partial charge in [0.1, 0.15) is 6.04 Å². The number of hydrogen-bond donors (Lipinski definition) is 1. The van der Waals surface area contributed by atoms with Crippen molar-refractivity contribution < 1.29 is 26.3 Å². The van der Waals surface area contributed by atoms with Gasteiger partial charge in [0.15, 0.2) is 0 Å². The van der Waals surface area contributed by atoms with Gasteiger partial charge in [0.2, 0.25) is 0 Å². The molecule has 0 amide bonds. The lowest BCUT2D eigenvalue weighted by Crippen LogP contribution is -2.38. The summed E-state index contributed by atoms with van der Waals surface area (Å²) < 4.78 is 68.7. The minimum atomic E-state index is -4.74. The summed E-state index contributed by atoms with van der Waals surface area (Å²) in [7, 11) is 0. The molecule has 0 rings (SSSR count). The molecule has 0 saturated carbocycles. The molecule has 0 aromatic rings. The fourth-order valence-corrected chi connectivity index (χ4v) is 0.483. The molecule has 1 atom stereocenters. The minimum Gasteiger partial charge on any atom is -0.320 e. The molecule has 2 N–H and O–H groups in total. The normalized spacial score (nSPS) is 16.2. The zero-order chi connectivity index (χ0) is 9.99. The zero-order valence-electron chi connectivity index (χ0n) is 5.84. The first-order chi connectivity index (χ1) is 5.13. The van der Waals surface area contributed by atoms with Crippen molar-refractivity contribution in [3.63, 3.8) is 0 Å². The topological polar surface area (TPSA) is 26.0 Å². The van der Waals surface area contributed by atoms with Gasteiger partial charge in [-0.25, -0.2) is 0 Å². The van der Waals surface area contributed by atoms with Crippen LogP contribution in [0.3, 0.4) is 0 Å². The average Bonchev–Trinajstić information content (AvgIpc) is 1.78. The number of hydrogen-bond acceptors (Lipinski definition) is 1. The van der Waals surface area contributed by atoms with Gasteiger partial charge in [-0.2, -0.15) is 26.3 Å². The third kappa shape index (κ3) is 5.22. The van der Waals surface area contributed by atoms with E-state index in [-0.39, 0.29) is 0 Å². The van der Waals surface area contributed by atoms with E-state index in [4.69, 9.17) is 0 Å². The van der Waals surface area contributed by atoms with Gasteiger partial charge in [-0.15, -0.1) is 0 Å². The van der Waals surface area contributed by atoms with Crippen LogP contribution in [0.5, 0.6) is 0 Å². The summed E-state index contributed by atoms with van der Waals surface area (Å²) in [6.45, 7) is 0. The summed E-state index contributed by atoms with van der Waals surface area (Å²) in [4.78, 5) is 0. The van der Waals surface area contributed by atoms with Gasteiger partial charge in [-0.3, -0.25) is 0 Å². The highest BCUT2D eigenvalue weighted by atomic mass is 19.4. The van der Waals surface area contributed by atoms with Gasteiger partial charge in [-0.05, 0) is 6.42 Å². The van der Waals surface area contributed by atoms with Crippen molar-refractivity contribution in [1.82, 2.24) is 0 Å². The van der Waals surface area contributed by atoms with Crippen LogP contribution in [0.1, 0.15) is 12.8 Å². The van der Waals surface area contributed by atoms with Gasteiger partial charge in [0.05, 0.1) is 0 Å². The molecule has 0 aliphatic carbocycles. The molecule has 0 heterocycles. The third-order valence-corrected chi connectivity index (χ3v) is 1.16. The van der Waals surface area contributed by atoms with Crippen molar-refractivity contribution in [3.8, 4) is 0 Å². The molecule has 0 bridgehead atoms. The molecular formula is C5H7F6N. The SMILES string of the molecule is N[C@H](CCC(F)(F)F)C(F)(F)F. The van der Waals surface area contributed by atoms with Crippen molar-refractivity contribution in [3.05, 3.63) is 0 Å². The van der Waals surface area contributed by atoms with Crippen LogP contribution < -0.4 is 5.73 Å². The van der Waals surface area contributed by atoms with Crippen LogP contribution in [-0.4, -0.2) is 18.4 Å². The molecule has 0 radical (unpaired) electrons. The zero-order valence-corrected chi connectivity index (χ0v) is 5.84. The molecule has 0 aliphatic rings. The lowest BCUT2D eigenvalue weighted by molar-refractivity contribution is -0.166. The molecule has 0 fully saturated rings. The number of rotatable bonds is 2. The van der Waals surface area contributed by atoms with E-state index in [0.717, 1.165) is 0 Å². The smallest absolute Gasteiger partial charge is 0.320 e. The van der Waals surface area contributed by atoms with Crippen molar-refractivity contribution in [2.75, 3.05) is 0 Å². The highest BCUT2D eigenvalue weighted by molar-refractivity contribution is 4.71. The van der Waals surface area contributed by atoms with Gasteiger partial charge in [-0.1, -0.05) is 0 Å². The van der Waals surface area contributed by atoms with Crippen molar-refractivity contribution in [1.29, 1.82) is 0 Å². The van der Waals surface area contributed by atoms with Crippen LogP contribution in [-0.2, 0) is 0 Å². The van der Waals surface area contributed by atoms with Crippen molar-refractivity contribution >= 4 is 0 Å². The fraction of sp³-hybridized carbons (Fsp3) is 1.00. The largest absolute Gasteiger partial charge is 0.403 e. The maximum absolute atomic E-state index is 11.5. The molecule has 12 heavy (non-hydrogen) atoms. The van der Waals surface area contributed by atoms with E-state index in [1.807, 2.05) is 0 Å². The monoisotopic (exact) mass is 195 g/mol. The Bertz CT molecular complexity index is 136. The highest BCUT2D eigenvalue weighted by Crippen LogP contribution is 2.27. The van der Waals surface area contributed by atoms with Crippen molar-refractivity contribution in [2.24, 2.45) is 5.73 Å². The Morgan fingerprint density at radius 2 is 1.42 bits per heavy atom. The summed E-state index contributed by atoms with van der Waals surface area (Å²) in [6, 6.07) is -2.39. The van der Waals surface area contributed by atoms with Gasteiger partial charge in [0.25, 0.3) is 0 Å². The van der Waals surface area contributed by atoms with Gasteiger partial charge < -0.3 is 5.73 Å². The van der Waals surface area contributed by atoms with E-state index in [1.165, 1.54) is 0 Å². The lowest BCUT2D eigenvalue weighted by atomic mass is 10.1. The van der Waals surface area contributed by atoms with E-state index in [0.29, 0.717) is 0 Å². The summed E-state index contributed by atoms with van der Waals surface area (Å²) in [5.74, 6) is 0. The quantitative estimate of drug-likeness (QED) is 0.671. The Morgan fingerprint density at radius 1 is 1.00 bits per heavy atom. The fourth-order valence-electron chi connectivity index (χ4n) is 0.483. The van der Waals surface area contributed by atoms with E-state index in [9.17, 15) is 26.3 Å². The van der Waals surface area contributed by atoms with E-state index >= 15 is 0 Å². The molecule has 0 spiro atoms. The van der Waals surface area contributed by atoms with Crippen LogP contribution in [0.2, 0.25) is 0 Å². The van der Waals surface area contributed by atoms with Crippen LogP contribution >= 0.6 is 0 Å². The number of halogens is 6. The molecular weight excluding hydrogens is 188 g/mol. The van der Waals surface area contributed by atoms with Crippen LogP contribution in [0.25, 0.3) is 0 Å². The van der Waals surface area contributed by atoms with Crippen LogP contribution in [0.4, 0.5) is 26.3 Å². The molecule has 1 nitrogen and oxygen atoms in total. The summed E-state index contributed by atoms with van der Waals surface area (Å²) in [5, 5.41) is 0. The summed E-state index contributed by atoms with van der Waals surface area (Å²) in [5.41, 5.74) is 4.43. The van der Waals surface area contributed by atoms with Crippen LogP contribution in [0.15, 0.2) is 0 Å². The Labute approximate surface area is 64.5 Å². The molecule has 0 aromatic heterocycles. The average molecular weight is 195 g/mol. The second kappa shape index (κ2) is 3.51. The predicted molar refractivity (Wildman–Crippen MR) is 29.3 cm³/mol. The second-order valence-electron chi connectivity index (χ2n) is 2.30. The Hall–Kier alpha value is -0.460. The van der Waals surface area contributed by atoms with E-state index in [1.54, 1.807) is 0 Å². The molecule has 0 saturated heterocycles. The van der Waals surface area contributed by atoms with Gasteiger partial charge in [0, 0.05) is 6.42 Å². The molecule has 0 aromatic carbocycles. The molecule has 0 aliphatic heterocycles. The highest BCUT2D eigenvalue weighted by Gasteiger charge is 2.39. The first kappa shape index (κ1) is 11.5. The number of nitrogens with two attached hydrogens (primary N) is 1. The first-order valence-corrected chi connectivity index (χ1v) is 3.02. The Morgan fingerprint density at radius 3 is 1.67 bits per heavy atom. The molecule has 7 heteroatoms. The molecule has 0 unspecified atom stereocenters. The Kier molecular flexibility index (Phi) is 3.37. The third-order valence-electron chi connectivity index (χ3n) is 1.16. The standard InChI is InChI=1S/C5H7F6N/c6-4(7,8)2-1-3(12)5(9,10)11/h3H,1-2,12H2/t3-/m1/s1. The van der Waals surface area contributed by atoms with Crippen molar-refractivity contribution in [2.45, 2.75) is 31.2 Å². The molecule has 74 valence electrons. The predicted octanol–water partition coefficient (Wildman–Crippen LogP) is 2.22. The lowest BCUT2D eigenvalue weighted by Gasteiger charge is -2.15. The van der Waals surface area contributed by atoms with Crippen LogP contribution in [0, 0.1) is 0 Å². The summed E-state index contributed by atoms with van der Waals surface area (Å²) >= 11 is 0. The van der Waals surface area contributed by atoms with E-state index in [2.05, 4.69) is 5.73 Å². The number of alkyl halides is 6. The maximum Gasteiger partial charge on any atom is 0.403 e. The minimum absolute atomic E-state index is 1.12. The van der Waals surface area contributed by atoms with Gasteiger partial charge >= 0.3 is 12.4 Å². The van der Waals surface area contributed by atoms with E-state index < -0.39 is 31.2 Å². The second-order valence-corrected chi connectivity index (χ2v) is 2.30. The maximum atomic E-state index is 11.5.